The van der Waals surface area contributed by atoms with Crippen molar-refractivity contribution in [3.63, 3.8) is 0 Å². The van der Waals surface area contributed by atoms with E-state index in [0.29, 0.717) is 12.8 Å². The van der Waals surface area contributed by atoms with Gasteiger partial charge in [-0.2, -0.15) is 27.0 Å². The zero-order chi connectivity index (χ0) is 31.5. The molecule has 10 heteroatoms. The largest absolute Gasteiger partial charge is 0.276 e. The maximum atomic E-state index is 12.8. The third kappa shape index (κ3) is 7.26. The number of rotatable bonds is 8. The van der Waals surface area contributed by atoms with Gasteiger partial charge in [-0.25, -0.2) is 9.66 Å². The van der Waals surface area contributed by atoms with Gasteiger partial charge in [-0.15, -0.1) is 0 Å². The summed E-state index contributed by atoms with van der Waals surface area (Å²) in [5.74, 6) is 0. The smallest absolute Gasteiger partial charge is 0.200 e. The van der Waals surface area contributed by atoms with Gasteiger partial charge in [-0.1, -0.05) is 47.5 Å². The van der Waals surface area contributed by atoms with Crippen molar-refractivity contribution in [2.24, 2.45) is 10.2 Å². The van der Waals surface area contributed by atoms with Gasteiger partial charge in [0, 0.05) is 0 Å². The minimum atomic E-state index is -3.83. The number of hydrogen-bond donors (Lipinski definition) is 2. The van der Waals surface area contributed by atoms with E-state index in [4.69, 9.17) is 0 Å². The Bertz CT molecular complexity index is 1820. The Kier molecular flexibility index (Phi) is 9.03. The molecule has 4 aromatic carbocycles. The fourth-order valence-corrected chi connectivity index (χ4v) is 6.87. The van der Waals surface area contributed by atoms with Crippen molar-refractivity contribution < 1.29 is 16.8 Å². The second-order valence-corrected chi connectivity index (χ2v) is 14.6. The van der Waals surface area contributed by atoms with Gasteiger partial charge in [0.25, 0.3) is 20.0 Å². The van der Waals surface area contributed by atoms with Gasteiger partial charge in [-0.3, -0.25) is 0 Å². The number of benzene rings is 4. The molecule has 228 valence electrons. The normalized spacial score (nSPS) is 13.7. The van der Waals surface area contributed by atoms with E-state index in [1.807, 2.05) is 26.0 Å². The molecule has 44 heavy (non-hydrogen) atoms. The molecule has 4 aliphatic carbocycles. The summed E-state index contributed by atoms with van der Waals surface area (Å²) in [4.78, 5) is 4.94. The lowest BCUT2D eigenvalue weighted by atomic mass is 9.87. The molecule has 0 fully saturated rings. The fourth-order valence-electron chi connectivity index (χ4n) is 5.28. The Morgan fingerprint density at radius 3 is 1.23 bits per heavy atom. The molecule has 0 amide bonds. The highest BCUT2D eigenvalue weighted by Gasteiger charge is 2.16. The van der Waals surface area contributed by atoms with Crippen LogP contribution in [0.1, 0.15) is 55.6 Å². The van der Waals surface area contributed by atoms with Crippen molar-refractivity contribution >= 4 is 32.5 Å². The second-order valence-electron chi connectivity index (χ2n) is 11.3. The van der Waals surface area contributed by atoms with Crippen LogP contribution in [0, 0.1) is 27.7 Å². The Balaban J connectivity index is 1.48. The number of sulfonamides is 2. The van der Waals surface area contributed by atoms with E-state index in [1.165, 1.54) is 34.7 Å². The van der Waals surface area contributed by atoms with E-state index in [-0.39, 0.29) is 9.79 Å². The van der Waals surface area contributed by atoms with Crippen LogP contribution in [-0.2, 0) is 45.7 Å². The van der Waals surface area contributed by atoms with Crippen LogP contribution in [0.25, 0.3) is 0 Å². The summed E-state index contributed by atoms with van der Waals surface area (Å²) in [6.45, 7) is 8.05. The van der Waals surface area contributed by atoms with E-state index in [2.05, 4.69) is 45.8 Å². The zero-order valence-corrected chi connectivity index (χ0v) is 26.9. The highest BCUT2D eigenvalue weighted by atomic mass is 32.2. The van der Waals surface area contributed by atoms with E-state index < -0.39 is 20.0 Å². The van der Waals surface area contributed by atoms with Crippen LogP contribution in [0.4, 0.5) is 0 Å². The van der Waals surface area contributed by atoms with Gasteiger partial charge in [0.2, 0.25) is 0 Å². The molecule has 0 saturated carbocycles. The number of nitrogens with zero attached hydrogens (tertiary/aromatic N) is 2. The monoisotopic (exact) mass is 628 g/mol. The first-order chi connectivity index (χ1) is 20.9. The van der Waals surface area contributed by atoms with Crippen LogP contribution in [0.3, 0.4) is 0 Å². The first-order valence-corrected chi connectivity index (χ1v) is 17.4. The van der Waals surface area contributed by atoms with Gasteiger partial charge in [0.1, 0.15) is 0 Å². The number of hydrogen-bond acceptors (Lipinski definition) is 6. The third-order valence-corrected chi connectivity index (χ3v) is 10.4. The van der Waals surface area contributed by atoms with E-state index in [0.717, 1.165) is 46.2 Å². The Labute approximate surface area is 260 Å². The Morgan fingerprint density at radius 2 is 0.864 bits per heavy atom. The lowest BCUT2D eigenvalue weighted by Gasteiger charge is -2.18. The molecule has 0 aliphatic heterocycles. The fraction of sp³-hybridized carbons (Fsp3) is 0.235. The summed E-state index contributed by atoms with van der Waals surface area (Å²) < 4.78 is 51.3. The van der Waals surface area contributed by atoms with Gasteiger partial charge in [0.05, 0.1) is 22.2 Å². The molecule has 0 radical (unpaired) electrons. The van der Waals surface area contributed by atoms with Crippen LogP contribution in [0.2, 0.25) is 0 Å². The Hall–Kier alpha value is -4.28. The lowest BCUT2D eigenvalue weighted by molar-refractivity contribution is 0.583. The predicted molar refractivity (Wildman–Crippen MR) is 175 cm³/mol. The quantitative estimate of drug-likeness (QED) is 0.200. The van der Waals surface area contributed by atoms with Crippen LogP contribution in [-0.4, -0.2) is 29.3 Å². The molecular formula is C34H36N4O4S2. The van der Waals surface area contributed by atoms with Crippen LogP contribution < -0.4 is 9.66 Å². The molecule has 0 unspecified atom stereocenters. The van der Waals surface area contributed by atoms with Crippen LogP contribution >= 0.6 is 0 Å². The molecule has 0 aromatic heterocycles. The summed E-state index contributed by atoms with van der Waals surface area (Å²) >= 11 is 0. The highest BCUT2D eigenvalue weighted by molar-refractivity contribution is 7.89. The standard InChI is InChI=1S/C34H36N4O4S2/c1-23-5-13-33(14-6-23)43(39,40)37-35-21-31-19-30-12-10-28-18-25(3)27(17-26(28)4)9-11-29(31)20-32(30)22-36-38-44(41,42)34-15-7-24(2)8-16-34/h5-8,13-22,37-38H,9-12H2,1-4H3/b35-21+,36-22+. The molecule has 0 heterocycles. The molecule has 4 aliphatic rings. The summed E-state index contributed by atoms with van der Waals surface area (Å²) in [6, 6.07) is 21.6. The van der Waals surface area contributed by atoms with Gasteiger partial charge in [0.15, 0.2) is 0 Å². The van der Waals surface area contributed by atoms with E-state index in [1.54, 1.807) is 48.5 Å². The van der Waals surface area contributed by atoms with Crippen molar-refractivity contribution in [2.75, 3.05) is 0 Å². The minimum Gasteiger partial charge on any atom is -0.200 e. The number of aryl methyl sites for hydroxylation is 8. The van der Waals surface area contributed by atoms with Crippen molar-refractivity contribution in [2.45, 2.75) is 63.2 Å². The minimum absolute atomic E-state index is 0.136. The average molecular weight is 629 g/mol. The third-order valence-electron chi connectivity index (χ3n) is 7.94. The molecule has 8 nitrogen and oxygen atoms in total. The molecule has 4 bridgehead atoms. The zero-order valence-electron chi connectivity index (χ0n) is 25.3. The molecule has 4 aromatic rings. The first-order valence-electron chi connectivity index (χ1n) is 14.4. The van der Waals surface area contributed by atoms with E-state index in [9.17, 15) is 16.8 Å². The Morgan fingerprint density at radius 1 is 0.523 bits per heavy atom. The van der Waals surface area contributed by atoms with Crippen molar-refractivity contribution in [3.8, 4) is 0 Å². The van der Waals surface area contributed by atoms with Crippen LogP contribution in [0.15, 0.2) is 92.8 Å². The molecule has 0 atom stereocenters. The van der Waals surface area contributed by atoms with Gasteiger partial charge >= 0.3 is 0 Å². The topological polar surface area (TPSA) is 117 Å². The summed E-state index contributed by atoms with van der Waals surface area (Å²) in [6.07, 6.45) is 5.97. The van der Waals surface area contributed by atoms with Gasteiger partial charge in [-0.05, 0) is 134 Å². The SMILES string of the molecule is Cc1ccc(S(=O)(=O)N/N=C/c2cc3c(/C=N/NS(=O)(=O)c4ccc(C)cc4)cc2CCc2cc(C)c(cc2C)CC3)cc1. The van der Waals surface area contributed by atoms with Crippen molar-refractivity contribution in [1.82, 2.24) is 9.66 Å². The molecule has 0 spiro atoms. The highest BCUT2D eigenvalue weighted by Crippen LogP contribution is 2.25. The molecular weight excluding hydrogens is 593 g/mol. The van der Waals surface area contributed by atoms with Crippen molar-refractivity contribution in [1.29, 1.82) is 0 Å². The second kappa shape index (κ2) is 12.8. The number of nitrogens with one attached hydrogen (secondary N) is 2. The summed E-state index contributed by atoms with van der Waals surface area (Å²) in [5.41, 5.74) is 10.4. The average Bonchev–Trinajstić information content (AvgIpc) is 2.97. The van der Waals surface area contributed by atoms with E-state index >= 15 is 0 Å². The molecule has 2 N–H and O–H groups in total. The molecule has 8 rings (SSSR count). The van der Waals surface area contributed by atoms with Crippen LogP contribution in [0.5, 0.6) is 0 Å². The first kappa shape index (κ1) is 31.2. The maximum absolute atomic E-state index is 12.8. The van der Waals surface area contributed by atoms with Crippen molar-refractivity contribution in [3.05, 3.63) is 128 Å². The summed E-state index contributed by atoms with van der Waals surface area (Å²) in [7, 11) is -7.66. The summed E-state index contributed by atoms with van der Waals surface area (Å²) in [5, 5.41) is 8.26. The maximum Gasteiger partial charge on any atom is 0.276 e. The number of hydrazone groups is 2. The molecule has 0 saturated heterocycles. The lowest BCUT2D eigenvalue weighted by Crippen LogP contribution is -2.19. The van der Waals surface area contributed by atoms with Gasteiger partial charge < -0.3 is 0 Å². The predicted octanol–water partition coefficient (Wildman–Crippen LogP) is 5.43.